The smallest absolute Gasteiger partial charge is 0.304 e. The molecule has 0 radical (unpaired) electrons. The van der Waals surface area contributed by atoms with Crippen LogP contribution < -0.4 is 5.32 Å². The molecule has 3 aliphatic heterocycles. The minimum Gasteiger partial charge on any atom is -0.451 e. The molecular formula is C11H15NO6. The van der Waals surface area contributed by atoms with Crippen molar-refractivity contribution in [1.29, 1.82) is 0 Å². The summed E-state index contributed by atoms with van der Waals surface area (Å²) in [7, 11) is 0. The van der Waals surface area contributed by atoms with Crippen molar-refractivity contribution in [2.24, 2.45) is 0 Å². The van der Waals surface area contributed by atoms with E-state index < -0.39 is 29.0 Å². The molecule has 0 aliphatic carbocycles. The van der Waals surface area contributed by atoms with Gasteiger partial charge < -0.3 is 18.9 Å². The van der Waals surface area contributed by atoms with Crippen LogP contribution in [0.5, 0.6) is 0 Å². The van der Waals surface area contributed by atoms with Crippen LogP contribution in [-0.4, -0.2) is 48.3 Å². The monoisotopic (exact) mass is 257 g/mol. The Hall–Kier alpha value is -1.18. The number of epoxide rings is 2. The van der Waals surface area contributed by atoms with E-state index in [1.165, 1.54) is 13.8 Å². The zero-order chi connectivity index (χ0) is 13.2. The molecule has 100 valence electrons. The Labute approximate surface area is 104 Å². The van der Waals surface area contributed by atoms with Gasteiger partial charge in [0.2, 0.25) is 5.72 Å². The van der Waals surface area contributed by atoms with Crippen molar-refractivity contribution in [2.75, 3.05) is 13.2 Å². The second kappa shape index (κ2) is 3.23. The summed E-state index contributed by atoms with van der Waals surface area (Å²) in [5, 5.41) is 3.01. The van der Waals surface area contributed by atoms with Gasteiger partial charge in [-0.25, -0.2) is 5.32 Å². The predicted molar refractivity (Wildman–Crippen MR) is 56.2 cm³/mol. The fourth-order valence-corrected chi connectivity index (χ4v) is 2.58. The van der Waals surface area contributed by atoms with Gasteiger partial charge in [-0.15, -0.1) is 0 Å². The van der Waals surface area contributed by atoms with Crippen LogP contribution >= 0.6 is 0 Å². The molecule has 1 spiro atoms. The third kappa shape index (κ3) is 1.41. The van der Waals surface area contributed by atoms with E-state index in [-0.39, 0.29) is 6.10 Å². The number of nitrogens with one attached hydrogen (secondary N) is 1. The van der Waals surface area contributed by atoms with Crippen LogP contribution in [0.25, 0.3) is 0 Å². The van der Waals surface area contributed by atoms with Gasteiger partial charge >= 0.3 is 11.9 Å². The summed E-state index contributed by atoms with van der Waals surface area (Å²) in [5.41, 5.74) is -2.94. The summed E-state index contributed by atoms with van der Waals surface area (Å²) in [6, 6.07) is 0. The third-order valence-electron chi connectivity index (χ3n) is 3.62. The number of hydrogen-bond donors (Lipinski definition) is 1. The van der Waals surface area contributed by atoms with E-state index in [0.29, 0.717) is 13.2 Å². The Bertz CT molecular complexity index is 413. The van der Waals surface area contributed by atoms with Gasteiger partial charge in [0.25, 0.3) is 5.72 Å². The van der Waals surface area contributed by atoms with Crippen LogP contribution in [0.4, 0.5) is 0 Å². The number of rotatable bonds is 4. The van der Waals surface area contributed by atoms with Crippen LogP contribution in [0.3, 0.4) is 0 Å². The van der Waals surface area contributed by atoms with Crippen LogP contribution in [0.1, 0.15) is 20.8 Å². The fraction of sp³-hybridized carbons (Fsp3) is 0.818. The highest BCUT2D eigenvalue weighted by molar-refractivity contribution is 5.69. The summed E-state index contributed by atoms with van der Waals surface area (Å²) in [4.78, 5) is 22.6. The van der Waals surface area contributed by atoms with E-state index in [4.69, 9.17) is 18.9 Å². The number of ether oxygens (including phenoxy) is 4. The van der Waals surface area contributed by atoms with Crippen molar-refractivity contribution in [3.05, 3.63) is 0 Å². The van der Waals surface area contributed by atoms with Crippen molar-refractivity contribution in [1.82, 2.24) is 5.32 Å². The molecule has 1 N–H and O–H groups in total. The van der Waals surface area contributed by atoms with Crippen molar-refractivity contribution >= 4 is 11.9 Å². The largest absolute Gasteiger partial charge is 0.451 e. The van der Waals surface area contributed by atoms with Crippen molar-refractivity contribution in [3.8, 4) is 0 Å². The summed E-state index contributed by atoms with van der Waals surface area (Å²) >= 11 is 0. The number of carbonyl (C=O) groups is 2. The lowest BCUT2D eigenvalue weighted by atomic mass is 9.91. The van der Waals surface area contributed by atoms with E-state index in [9.17, 15) is 9.59 Å². The normalized spacial score (nSPS) is 42.9. The average molecular weight is 257 g/mol. The number of hydrogen-bond acceptors (Lipinski definition) is 7. The van der Waals surface area contributed by atoms with Crippen LogP contribution in [0.2, 0.25) is 0 Å². The average Bonchev–Trinajstić information content (AvgIpc) is 3.08. The minimum atomic E-state index is -1.14. The van der Waals surface area contributed by atoms with Gasteiger partial charge in [0, 0.05) is 13.8 Å². The highest BCUT2D eigenvalue weighted by Gasteiger charge is 2.90. The van der Waals surface area contributed by atoms with Crippen molar-refractivity contribution in [3.63, 3.8) is 0 Å². The molecule has 3 saturated heterocycles. The van der Waals surface area contributed by atoms with E-state index >= 15 is 0 Å². The summed E-state index contributed by atoms with van der Waals surface area (Å²) in [6.07, 6.45) is -0.295. The first kappa shape index (κ1) is 11.9. The van der Waals surface area contributed by atoms with Gasteiger partial charge in [0.05, 0.1) is 13.2 Å². The van der Waals surface area contributed by atoms with E-state index in [1.54, 1.807) is 6.92 Å². The van der Waals surface area contributed by atoms with E-state index in [1.807, 2.05) is 0 Å². The number of carbonyl (C=O) groups excluding carboxylic acids is 2. The molecule has 0 amide bonds. The van der Waals surface area contributed by atoms with Gasteiger partial charge in [-0.2, -0.15) is 0 Å². The van der Waals surface area contributed by atoms with Gasteiger partial charge in [-0.3, -0.25) is 9.59 Å². The van der Waals surface area contributed by atoms with Gasteiger partial charge in [-0.1, -0.05) is 0 Å². The molecule has 18 heavy (non-hydrogen) atoms. The molecule has 7 heteroatoms. The molecule has 0 saturated carbocycles. The molecule has 0 aromatic carbocycles. The fourth-order valence-electron chi connectivity index (χ4n) is 2.58. The Morgan fingerprint density at radius 3 is 2.33 bits per heavy atom. The lowest BCUT2D eigenvalue weighted by Crippen LogP contribution is -2.56. The Kier molecular flexibility index (Phi) is 2.13. The van der Waals surface area contributed by atoms with Crippen LogP contribution in [-0.2, 0) is 28.5 Å². The summed E-state index contributed by atoms with van der Waals surface area (Å²) in [5.74, 6) is -0.919. The summed E-state index contributed by atoms with van der Waals surface area (Å²) in [6.45, 7) is 5.19. The Morgan fingerprint density at radius 2 is 2.00 bits per heavy atom. The first-order valence-electron chi connectivity index (χ1n) is 5.79. The molecule has 0 bridgehead atoms. The topological polar surface area (TPSA) is 99.6 Å². The lowest BCUT2D eigenvalue weighted by molar-refractivity contribution is -0.195. The summed E-state index contributed by atoms with van der Waals surface area (Å²) < 4.78 is 21.3. The van der Waals surface area contributed by atoms with E-state index in [0.717, 1.165) is 0 Å². The molecule has 4 atom stereocenters. The first-order chi connectivity index (χ1) is 8.35. The zero-order valence-corrected chi connectivity index (χ0v) is 10.4. The maximum Gasteiger partial charge on any atom is 0.304 e. The Morgan fingerprint density at radius 1 is 1.39 bits per heavy atom. The first-order valence-corrected chi connectivity index (χ1v) is 5.79. The molecule has 7 nitrogen and oxygen atoms in total. The predicted octanol–water partition coefficient (Wildman–Crippen LogP) is -0.704. The molecule has 3 aliphatic rings. The van der Waals surface area contributed by atoms with E-state index in [2.05, 4.69) is 5.32 Å². The number of esters is 2. The molecule has 0 aromatic rings. The SMILES string of the molecule is CC(=O)OC(C)(C1CO1)C1(OC(C)=O)NC12CO2. The third-order valence-corrected chi connectivity index (χ3v) is 3.62. The lowest BCUT2D eigenvalue weighted by Gasteiger charge is -2.34. The molecule has 4 unspecified atom stereocenters. The maximum atomic E-state index is 11.3. The van der Waals surface area contributed by atoms with Gasteiger partial charge in [0.1, 0.15) is 6.10 Å². The molecule has 3 rings (SSSR count). The van der Waals surface area contributed by atoms with Crippen molar-refractivity contribution in [2.45, 2.75) is 43.9 Å². The Balaban J connectivity index is 1.92. The second-order valence-electron chi connectivity index (χ2n) is 5.04. The van der Waals surface area contributed by atoms with Gasteiger partial charge in [0.15, 0.2) is 5.60 Å². The minimum absolute atomic E-state index is 0.295. The highest BCUT2D eigenvalue weighted by Crippen LogP contribution is 2.60. The highest BCUT2D eigenvalue weighted by atomic mass is 16.7. The standard InChI is InChI=1S/C11H15NO6/c1-6(13)17-9(3,8-4-15-8)11(18-7(2)14)10(12-11)5-16-10/h8,12H,4-5H2,1-3H3. The second-order valence-corrected chi connectivity index (χ2v) is 5.04. The molecule has 0 aromatic heterocycles. The molecular weight excluding hydrogens is 242 g/mol. The van der Waals surface area contributed by atoms with Crippen LogP contribution in [0, 0.1) is 0 Å². The van der Waals surface area contributed by atoms with Gasteiger partial charge in [-0.05, 0) is 6.92 Å². The van der Waals surface area contributed by atoms with Crippen molar-refractivity contribution < 1.29 is 28.5 Å². The zero-order valence-electron chi connectivity index (χ0n) is 10.4. The quantitative estimate of drug-likeness (QED) is 0.525. The maximum absolute atomic E-state index is 11.3. The molecule has 3 fully saturated rings. The van der Waals surface area contributed by atoms with Crippen LogP contribution in [0.15, 0.2) is 0 Å². The molecule has 3 heterocycles.